The average Bonchev–Trinajstić information content (AvgIpc) is 2.47. The van der Waals surface area contributed by atoms with Crippen LogP contribution >= 0.6 is 36.6 Å². The first-order valence-electron chi connectivity index (χ1n) is 4.91. The van der Waals surface area contributed by atoms with Crippen molar-refractivity contribution in [3.63, 3.8) is 0 Å². The van der Waals surface area contributed by atoms with Crippen LogP contribution in [0, 0.1) is 0 Å². The van der Waals surface area contributed by atoms with Crippen LogP contribution in [0.2, 0.25) is 0 Å². The number of hydrogen-bond acceptors (Lipinski definition) is 1. The van der Waals surface area contributed by atoms with E-state index in [0.29, 0.717) is 0 Å². The van der Waals surface area contributed by atoms with Crippen LogP contribution < -0.4 is 0 Å². The third-order valence-electron chi connectivity index (χ3n) is 2.12. The van der Waals surface area contributed by atoms with Gasteiger partial charge in [-0.15, -0.1) is 24.8 Å². The Morgan fingerprint density at radius 2 is 2.00 bits per heavy atom. The Morgan fingerprint density at radius 1 is 1.40 bits per heavy atom. The van der Waals surface area contributed by atoms with E-state index in [-0.39, 0.29) is 24.8 Å². The third-order valence-corrected chi connectivity index (χ3v) is 4.35. The van der Waals surface area contributed by atoms with Gasteiger partial charge >= 0.3 is 97.9 Å². The Hall–Kier alpha value is 1.12. The van der Waals surface area contributed by atoms with Gasteiger partial charge in [0.2, 0.25) is 0 Å². The fourth-order valence-electron chi connectivity index (χ4n) is 1.54. The van der Waals surface area contributed by atoms with Gasteiger partial charge in [0.15, 0.2) is 0 Å². The van der Waals surface area contributed by atoms with Crippen LogP contribution in [0.3, 0.4) is 0 Å². The molecule has 1 rings (SSSR count). The molecule has 0 saturated heterocycles. The van der Waals surface area contributed by atoms with Crippen molar-refractivity contribution in [3.05, 3.63) is 21.6 Å². The molecule has 0 nitrogen and oxygen atoms in total. The van der Waals surface area contributed by atoms with Gasteiger partial charge in [0.1, 0.15) is 0 Å². The number of halogens is 2. The zero-order valence-corrected chi connectivity index (χ0v) is 13.5. The molecule has 0 aliphatic heterocycles. The summed E-state index contributed by atoms with van der Waals surface area (Å²) in [5.41, 5.74) is 1.58. The Balaban J connectivity index is 0. The SMILES string of the molecule is CCC(SC(C)C)C1=[C]([Ti])CC=C1.Cl.Cl. The van der Waals surface area contributed by atoms with Crippen LogP contribution in [-0.4, -0.2) is 10.5 Å². The summed E-state index contributed by atoms with van der Waals surface area (Å²) in [4.78, 5) is 0. The van der Waals surface area contributed by atoms with Crippen LogP contribution in [0.5, 0.6) is 0 Å². The Morgan fingerprint density at radius 3 is 2.33 bits per heavy atom. The maximum Gasteiger partial charge on any atom is -0.147 e. The van der Waals surface area contributed by atoms with Crippen molar-refractivity contribution in [1.82, 2.24) is 0 Å². The number of rotatable bonds is 4. The second-order valence-corrected chi connectivity index (χ2v) is 6.35. The second kappa shape index (κ2) is 9.19. The molecule has 1 atom stereocenters. The summed E-state index contributed by atoms with van der Waals surface area (Å²) in [7, 11) is 0. The summed E-state index contributed by atoms with van der Waals surface area (Å²) in [6.07, 6.45) is 7.03. The molecule has 4 heteroatoms. The van der Waals surface area contributed by atoms with Gasteiger partial charge in [-0.1, -0.05) is 0 Å². The van der Waals surface area contributed by atoms with E-state index in [1.54, 1.807) is 9.45 Å². The normalized spacial score (nSPS) is 16.2. The molecule has 0 heterocycles. The van der Waals surface area contributed by atoms with Crippen molar-refractivity contribution >= 4 is 36.6 Å². The molecular formula is C11H19Cl2STi. The van der Waals surface area contributed by atoms with Crippen molar-refractivity contribution in [1.29, 1.82) is 0 Å². The van der Waals surface area contributed by atoms with Crippen molar-refractivity contribution < 1.29 is 20.4 Å². The summed E-state index contributed by atoms with van der Waals surface area (Å²) in [6.45, 7) is 6.84. The van der Waals surface area contributed by atoms with Gasteiger partial charge in [0.05, 0.1) is 0 Å². The zero-order valence-electron chi connectivity index (χ0n) is 9.45. The Labute approximate surface area is 122 Å². The molecular weight excluding hydrogens is 283 g/mol. The van der Waals surface area contributed by atoms with Gasteiger partial charge in [0.25, 0.3) is 0 Å². The Kier molecular flexibility index (Phi) is 11.3. The van der Waals surface area contributed by atoms with Crippen molar-refractivity contribution in [2.45, 2.75) is 44.1 Å². The summed E-state index contributed by atoms with van der Waals surface area (Å²) >= 11 is 4.35. The fraction of sp³-hybridized carbons (Fsp3) is 0.636. The first-order chi connectivity index (χ1) is 6.15. The van der Waals surface area contributed by atoms with E-state index in [0.717, 1.165) is 10.5 Å². The minimum absolute atomic E-state index is 0. The third kappa shape index (κ3) is 5.84. The molecule has 0 aromatic rings. The smallest absolute Gasteiger partial charge is 0.147 e. The molecule has 0 amide bonds. The first kappa shape index (κ1) is 18.5. The van der Waals surface area contributed by atoms with Gasteiger partial charge in [-0.25, -0.2) is 0 Å². The van der Waals surface area contributed by atoms with E-state index in [4.69, 9.17) is 0 Å². The number of hydrogen-bond donors (Lipinski definition) is 0. The van der Waals surface area contributed by atoms with Gasteiger partial charge in [-0.3, -0.25) is 0 Å². The van der Waals surface area contributed by atoms with Crippen LogP contribution in [-0.2, 0) is 20.4 Å². The number of thioether (sulfide) groups is 1. The van der Waals surface area contributed by atoms with E-state index < -0.39 is 0 Å². The van der Waals surface area contributed by atoms with Crippen molar-refractivity contribution in [3.8, 4) is 0 Å². The maximum absolute atomic E-state index is 2.32. The van der Waals surface area contributed by atoms with E-state index in [1.165, 1.54) is 12.8 Å². The fourth-order valence-corrected chi connectivity index (χ4v) is 3.51. The summed E-state index contributed by atoms with van der Waals surface area (Å²) in [6, 6.07) is 0. The number of allylic oxidation sites excluding steroid dienone is 3. The first-order valence-corrected chi connectivity index (χ1v) is 6.64. The molecule has 15 heavy (non-hydrogen) atoms. The van der Waals surface area contributed by atoms with Gasteiger partial charge in [-0.05, 0) is 0 Å². The van der Waals surface area contributed by atoms with Gasteiger partial charge in [0, 0.05) is 0 Å². The second-order valence-electron chi connectivity index (χ2n) is 3.62. The standard InChI is InChI=1S/C11H17S.2ClH.Ti/c1-4-11(12-9(2)3)10-7-5-6-8-10;;;/h5,7,9,11H,4,6H2,1-3H3;2*1H;. The molecule has 1 unspecified atom stereocenters. The van der Waals surface area contributed by atoms with Crippen LogP contribution in [0.25, 0.3) is 0 Å². The predicted octanol–water partition coefficient (Wildman–Crippen LogP) is 4.51. The maximum atomic E-state index is 2.32. The molecule has 87 valence electrons. The minimum atomic E-state index is 0. The predicted molar refractivity (Wildman–Crippen MR) is 72.1 cm³/mol. The van der Waals surface area contributed by atoms with E-state index in [9.17, 15) is 0 Å². The minimum Gasteiger partial charge on any atom is -0.147 e. The molecule has 0 radical (unpaired) electrons. The summed E-state index contributed by atoms with van der Waals surface area (Å²) < 4.78 is 1.57. The topological polar surface area (TPSA) is 0 Å². The van der Waals surface area contributed by atoms with E-state index >= 15 is 0 Å². The molecule has 0 aromatic carbocycles. The molecule has 1 aliphatic rings. The molecule has 1 aliphatic carbocycles. The molecule has 0 fully saturated rings. The van der Waals surface area contributed by atoms with Crippen molar-refractivity contribution in [2.75, 3.05) is 0 Å². The average molecular weight is 302 g/mol. The van der Waals surface area contributed by atoms with E-state index in [2.05, 4.69) is 65.1 Å². The van der Waals surface area contributed by atoms with Gasteiger partial charge < -0.3 is 0 Å². The molecule has 0 aromatic heterocycles. The van der Waals surface area contributed by atoms with Crippen LogP contribution in [0.1, 0.15) is 33.6 Å². The molecule has 0 spiro atoms. The largest absolute Gasteiger partial charge is 0.147 e. The quantitative estimate of drug-likeness (QED) is 0.688. The van der Waals surface area contributed by atoms with Crippen LogP contribution in [0.15, 0.2) is 21.6 Å². The van der Waals surface area contributed by atoms with Gasteiger partial charge in [-0.2, -0.15) is 0 Å². The zero-order chi connectivity index (χ0) is 9.84. The summed E-state index contributed by atoms with van der Waals surface area (Å²) in [5, 5.41) is 1.46. The molecule has 0 N–H and O–H groups in total. The van der Waals surface area contributed by atoms with Crippen molar-refractivity contribution in [2.24, 2.45) is 0 Å². The van der Waals surface area contributed by atoms with E-state index in [1.807, 2.05) is 0 Å². The summed E-state index contributed by atoms with van der Waals surface area (Å²) in [5.74, 6) is 0. The van der Waals surface area contributed by atoms with Crippen LogP contribution in [0.4, 0.5) is 0 Å². The molecule has 0 saturated carbocycles. The Bertz CT molecular complexity index is 237. The molecule has 0 bridgehead atoms. The monoisotopic (exact) mass is 301 g/mol.